The van der Waals surface area contributed by atoms with Gasteiger partial charge in [0.25, 0.3) is 0 Å². The summed E-state index contributed by atoms with van der Waals surface area (Å²) in [6, 6.07) is 21.8. The van der Waals surface area contributed by atoms with Gasteiger partial charge < -0.3 is 19.1 Å². The molecule has 0 saturated carbocycles. The van der Waals surface area contributed by atoms with Crippen molar-refractivity contribution < 1.29 is 19.4 Å². The number of hydrogen-bond donors (Lipinski definition) is 1. The number of rotatable bonds is 9. The first-order valence-corrected chi connectivity index (χ1v) is 9.60. The van der Waals surface area contributed by atoms with Gasteiger partial charge in [-0.15, -0.1) is 0 Å². The molecule has 5 nitrogen and oxygen atoms in total. The lowest BCUT2D eigenvalue weighted by Gasteiger charge is -2.13. The van der Waals surface area contributed by atoms with Crippen LogP contribution in [0, 0.1) is 6.92 Å². The van der Waals surface area contributed by atoms with E-state index >= 15 is 0 Å². The average molecular weight is 391 g/mol. The fraction of sp³-hybridized carbons (Fsp3) is 0.208. The number of hydrogen-bond acceptors (Lipinski definition) is 3. The van der Waals surface area contributed by atoms with E-state index in [1.807, 2.05) is 42.5 Å². The van der Waals surface area contributed by atoms with Crippen LogP contribution in [-0.2, 0) is 16.1 Å². The third kappa shape index (κ3) is 5.29. The Balaban J connectivity index is 1.63. The lowest BCUT2D eigenvalue weighted by atomic mass is 10.1. The Morgan fingerprint density at radius 1 is 1.03 bits per heavy atom. The molecule has 3 aromatic rings. The molecule has 0 spiro atoms. The molecule has 5 heteroatoms. The summed E-state index contributed by atoms with van der Waals surface area (Å²) in [5.74, 6) is -0.414. The van der Waals surface area contributed by atoms with Crippen molar-refractivity contribution in [3.8, 4) is 17.0 Å². The molecular weight excluding hydrogens is 366 g/mol. The second-order valence-corrected chi connectivity index (χ2v) is 6.54. The minimum absolute atomic E-state index is 0.0716. The van der Waals surface area contributed by atoms with Gasteiger partial charge in [-0.1, -0.05) is 42.5 Å². The maximum absolute atomic E-state index is 11.2. The zero-order valence-corrected chi connectivity index (χ0v) is 16.7. The van der Waals surface area contributed by atoms with Gasteiger partial charge in [-0.25, -0.2) is 4.79 Å². The van der Waals surface area contributed by atoms with E-state index in [9.17, 15) is 4.79 Å². The molecule has 0 unspecified atom stereocenters. The van der Waals surface area contributed by atoms with E-state index in [0.29, 0.717) is 13.2 Å². The first kappa shape index (κ1) is 20.3. The summed E-state index contributed by atoms with van der Waals surface area (Å²) in [5.41, 5.74) is 4.28. The van der Waals surface area contributed by atoms with Crippen LogP contribution in [0.15, 0.2) is 72.5 Å². The molecule has 29 heavy (non-hydrogen) atoms. The van der Waals surface area contributed by atoms with Gasteiger partial charge in [0.1, 0.15) is 12.4 Å². The molecule has 0 saturated heterocycles. The Hall–Kier alpha value is -3.47. The summed E-state index contributed by atoms with van der Waals surface area (Å²) < 4.78 is 13.3. The van der Waals surface area contributed by atoms with E-state index in [1.54, 1.807) is 6.92 Å². The van der Waals surface area contributed by atoms with Gasteiger partial charge in [-0.2, -0.15) is 0 Å². The highest BCUT2D eigenvalue weighted by Crippen LogP contribution is 2.22. The van der Waals surface area contributed by atoms with Crippen molar-refractivity contribution in [3.05, 3.63) is 83.7 Å². The molecular formula is C24H25NO4. The number of aromatic nitrogens is 1. The Labute approximate surface area is 170 Å². The van der Waals surface area contributed by atoms with Crippen molar-refractivity contribution in [3.63, 3.8) is 0 Å². The smallest absolute Gasteiger partial charge is 0.371 e. The van der Waals surface area contributed by atoms with Crippen LogP contribution < -0.4 is 4.74 Å². The summed E-state index contributed by atoms with van der Waals surface area (Å²) in [4.78, 5) is 11.2. The van der Waals surface area contributed by atoms with Gasteiger partial charge in [0.05, 0.1) is 13.2 Å². The molecule has 0 aliphatic heterocycles. The van der Waals surface area contributed by atoms with E-state index in [-0.39, 0.29) is 5.76 Å². The molecule has 1 N–H and O–H groups in total. The zero-order chi connectivity index (χ0) is 20.6. The zero-order valence-electron chi connectivity index (χ0n) is 16.7. The molecule has 0 aliphatic rings. The Morgan fingerprint density at radius 3 is 2.41 bits per heavy atom. The Kier molecular flexibility index (Phi) is 6.74. The lowest BCUT2D eigenvalue weighted by Crippen LogP contribution is -2.10. The van der Waals surface area contributed by atoms with Crippen molar-refractivity contribution in [2.24, 2.45) is 0 Å². The minimum atomic E-state index is -1.08. The topological polar surface area (TPSA) is 60.7 Å². The number of nitrogens with zero attached hydrogens (tertiary/aromatic N) is 1. The van der Waals surface area contributed by atoms with Crippen LogP contribution in [0.3, 0.4) is 0 Å². The van der Waals surface area contributed by atoms with Crippen LogP contribution in [-0.4, -0.2) is 28.9 Å². The normalized spacial score (nSPS) is 11.3. The van der Waals surface area contributed by atoms with Crippen LogP contribution in [0.1, 0.15) is 18.2 Å². The SMILES string of the molecule is CCOC(=Cc1ccc(OCCn2c(C)ccc2-c2ccccc2)cc1)C(=O)O. The lowest BCUT2D eigenvalue weighted by molar-refractivity contribution is -0.136. The molecule has 0 radical (unpaired) electrons. The van der Waals surface area contributed by atoms with Crippen LogP contribution in [0.2, 0.25) is 0 Å². The van der Waals surface area contributed by atoms with Crippen molar-refractivity contribution in [1.29, 1.82) is 0 Å². The number of ether oxygens (including phenoxy) is 2. The summed E-state index contributed by atoms with van der Waals surface area (Å²) in [6.45, 7) is 5.42. The van der Waals surface area contributed by atoms with E-state index in [0.717, 1.165) is 17.9 Å². The van der Waals surface area contributed by atoms with E-state index in [2.05, 4.69) is 35.8 Å². The van der Waals surface area contributed by atoms with Crippen LogP contribution in [0.5, 0.6) is 5.75 Å². The third-order valence-electron chi connectivity index (χ3n) is 4.54. The number of aliphatic carboxylic acids is 1. The maximum Gasteiger partial charge on any atom is 0.371 e. The second kappa shape index (κ2) is 9.64. The van der Waals surface area contributed by atoms with Crippen molar-refractivity contribution in [1.82, 2.24) is 4.57 Å². The van der Waals surface area contributed by atoms with Gasteiger partial charge in [0, 0.05) is 11.4 Å². The number of benzene rings is 2. The fourth-order valence-corrected chi connectivity index (χ4v) is 3.11. The largest absolute Gasteiger partial charge is 0.492 e. The van der Waals surface area contributed by atoms with Gasteiger partial charge in [0.2, 0.25) is 5.76 Å². The summed E-state index contributed by atoms with van der Waals surface area (Å²) in [6.07, 6.45) is 1.50. The average Bonchev–Trinajstić information content (AvgIpc) is 3.10. The standard InChI is InChI=1S/C24H25NO4/c1-3-28-23(24(26)27)17-19-10-12-21(13-11-19)29-16-15-25-18(2)9-14-22(25)20-7-5-4-6-8-20/h4-14,17H,3,15-16H2,1-2H3,(H,26,27). The highest BCUT2D eigenvalue weighted by atomic mass is 16.5. The van der Waals surface area contributed by atoms with Gasteiger partial charge in [-0.05, 0) is 55.3 Å². The molecule has 0 bridgehead atoms. The first-order valence-electron chi connectivity index (χ1n) is 9.60. The van der Waals surface area contributed by atoms with Gasteiger partial charge in [-0.3, -0.25) is 0 Å². The predicted molar refractivity (Wildman–Crippen MR) is 114 cm³/mol. The molecule has 0 atom stereocenters. The van der Waals surface area contributed by atoms with E-state index < -0.39 is 5.97 Å². The molecule has 1 heterocycles. The fourth-order valence-electron chi connectivity index (χ4n) is 3.11. The summed E-state index contributed by atoms with van der Waals surface area (Å²) in [7, 11) is 0. The molecule has 3 rings (SSSR count). The third-order valence-corrected chi connectivity index (χ3v) is 4.54. The van der Waals surface area contributed by atoms with E-state index in [4.69, 9.17) is 14.6 Å². The van der Waals surface area contributed by atoms with Gasteiger partial charge >= 0.3 is 5.97 Å². The number of aryl methyl sites for hydroxylation is 1. The van der Waals surface area contributed by atoms with Gasteiger partial charge in [0.15, 0.2) is 0 Å². The maximum atomic E-state index is 11.2. The number of carboxylic acids is 1. The number of carboxylic acid groups (broad SMARTS) is 1. The van der Waals surface area contributed by atoms with E-state index in [1.165, 1.54) is 23.0 Å². The van der Waals surface area contributed by atoms with Crippen LogP contribution in [0.25, 0.3) is 17.3 Å². The summed E-state index contributed by atoms with van der Waals surface area (Å²) >= 11 is 0. The Bertz CT molecular complexity index is 972. The van der Waals surface area contributed by atoms with Crippen LogP contribution in [0.4, 0.5) is 0 Å². The summed E-state index contributed by atoms with van der Waals surface area (Å²) in [5, 5.41) is 9.13. The van der Waals surface area contributed by atoms with Crippen molar-refractivity contribution in [2.75, 3.05) is 13.2 Å². The predicted octanol–water partition coefficient (Wildman–Crippen LogP) is 5.00. The van der Waals surface area contributed by atoms with Crippen molar-refractivity contribution in [2.45, 2.75) is 20.4 Å². The number of carbonyl (C=O) groups is 1. The highest BCUT2D eigenvalue weighted by molar-refractivity contribution is 5.89. The molecule has 150 valence electrons. The van der Waals surface area contributed by atoms with Crippen molar-refractivity contribution >= 4 is 12.0 Å². The molecule has 1 aromatic heterocycles. The molecule has 2 aromatic carbocycles. The Morgan fingerprint density at radius 2 is 1.76 bits per heavy atom. The second-order valence-electron chi connectivity index (χ2n) is 6.54. The molecule has 0 amide bonds. The first-order chi connectivity index (χ1) is 14.1. The molecule has 0 aliphatic carbocycles. The monoisotopic (exact) mass is 391 g/mol. The minimum Gasteiger partial charge on any atom is -0.492 e. The quantitative estimate of drug-likeness (QED) is 0.412. The molecule has 0 fully saturated rings. The van der Waals surface area contributed by atoms with Crippen LogP contribution >= 0.6 is 0 Å². The highest BCUT2D eigenvalue weighted by Gasteiger charge is 2.09.